The lowest BCUT2D eigenvalue weighted by atomic mass is 10.2. The molecular formula is C7H7NO3. The van der Waals surface area contributed by atoms with Gasteiger partial charge in [-0.1, -0.05) is 0 Å². The van der Waals surface area contributed by atoms with Crippen LogP contribution in [0.4, 0.5) is 5.69 Å². The van der Waals surface area contributed by atoms with Crippen molar-refractivity contribution in [1.82, 2.24) is 0 Å². The smallest absolute Gasteiger partial charge is 0.152 e. The minimum absolute atomic E-state index is 0.0252. The van der Waals surface area contributed by atoms with E-state index >= 15 is 0 Å². The van der Waals surface area contributed by atoms with Gasteiger partial charge in [0.2, 0.25) is 0 Å². The molecule has 1 aromatic carbocycles. The van der Waals surface area contributed by atoms with Crippen LogP contribution in [0.25, 0.3) is 0 Å². The maximum absolute atomic E-state index is 10.1. The zero-order chi connectivity index (χ0) is 8.43. The first-order valence-corrected chi connectivity index (χ1v) is 3.01. The van der Waals surface area contributed by atoms with Crippen LogP contribution in [0, 0.1) is 11.8 Å². The van der Waals surface area contributed by atoms with Gasteiger partial charge in [-0.15, -0.1) is 4.91 Å². The van der Waals surface area contributed by atoms with Gasteiger partial charge in [-0.05, 0) is 23.7 Å². The van der Waals surface area contributed by atoms with E-state index in [1.165, 1.54) is 6.07 Å². The Morgan fingerprint density at radius 3 is 2.45 bits per heavy atom. The van der Waals surface area contributed by atoms with E-state index in [4.69, 9.17) is 10.2 Å². The van der Waals surface area contributed by atoms with Crippen LogP contribution in [0.15, 0.2) is 17.3 Å². The maximum Gasteiger partial charge on any atom is 0.152 e. The summed E-state index contributed by atoms with van der Waals surface area (Å²) in [6.45, 7) is 1.58. The van der Waals surface area contributed by atoms with Crippen molar-refractivity contribution in [3.05, 3.63) is 22.6 Å². The fraction of sp³-hybridized carbons (Fsp3) is 0.143. The SMILES string of the molecule is Cc1cc(O)cc(O)c1N=O. The van der Waals surface area contributed by atoms with Gasteiger partial charge >= 0.3 is 0 Å². The highest BCUT2D eigenvalue weighted by atomic mass is 16.3. The molecule has 0 aromatic heterocycles. The Morgan fingerprint density at radius 1 is 1.36 bits per heavy atom. The summed E-state index contributed by atoms with van der Waals surface area (Å²) in [6, 6.07) is 2.43. The number of rotatable bonds is 1. The first-order valence-electron chi connectivity index (χ1n) is 3.01. The highest BCUT2D eigenvalue weighted by Gasteiger charge is 2.06. The molecule has 0 fully saturated rings. The molecule has 1 aromatic rings. The number of hydrogen-bond donors (Lipinski definition) is 2. The third kappa shape index (κ3) is 1.29. The van der Waals surface area contributed by atoms with Crippen LogP contribution in [0.5, 0.6) is 11.5 Å². The fourth-order valence-corrected chi connectivity index (χ4v) is 0.861. The molecular weight excluding hydrogens is 146 g/mol. The van der Waals surface area contributed by atoms with E-state index in [2.05, 4.69) is 5.18 Å². The number of benzene rings is 1. The Labute approximate surface area is 63.1 Å². The molecule has 4 nitrogen and oxygen atoms in total. The van der Waals surface area contributed by atoms with Crippen molar-refractivity contribution in [2.45, 2.75) is 6.92 Å². The second-order valence-corrected chi connectivity index (χ2v) is 2.22. The maximum atomic E-state index is 10.1. The Hall–Kier alpha value is -1.58. The van der Waals surface area contributed by atoms with E-state index in [0.717, 1.165) is 6.07 Å². The number of nitrogens with zero attached hydrogens (tertiary/aromatic N) is 1. The van der Waals surface area contributed by atoms with Crippen LogP contribution in [0.1, 0.15) is 5.56 Å². The fourth-order valence-electron chi connectivity index (χ4n) is 0.861. The first kappa shape index (κ1) is 7.53. The molecule has 0 saturated heterocycles. The van der Waals surface area contributed by atoms with Gasteiger partial charge in [0, 0.05) is 6.07 Å². The monoisotopic (exact) mass is 153 g/mol. The predicted octanol–water partition coefficient (Wildman–Crippen LogP) is 1.80. The van der Waals surface area contributed by atoms with Gasteiger partial charge in [-0.2, -0.15) is 0 Å². The van der Waals surface area contributed by atoms with Crippen molar-refractivity contribution in [2.24, 2.45) is 5.18 Å². The molecule has 0 atom stereocenters. The van der Waals surface area contributed by atoms with Crippen LogP contribution >= 0.6 is 0 Å². The standard InChI is InChI=1S/C7H7NO3/c1-4-2-5(9)3-6(10)7(4)8-11/h2-3,9-10H,1H3. The molecule has 0 amide bonds. The van der Waals surface area contributed by atoms with Crippen molar-refractivity contribution >= 4 is 5.69 Å². The van der Waals surface area contributed by atoms with Crippen LogP contribution in [0.3, 0.4) is 0 Å². The quantitative estimate of drug-likeness (QED) is 0.604. The van der Waals surface area contributed by atoms with Crippen molar-refractivity contribution in [3.8, 4) is 11.5 Å². The third-order valence-electron chi connectivity index (χ3n) is 1.36. The van der Waals surface area contributed by atoms with Gasteiger partial charge in [-0.25, -0.2) is 0 Å². The summed E-state index contributed by atoms with van der Waals surface area (Å²) in [5, 5.41) is 20.5. The number of nitroso groups, excluding NO2 is 1. The lowest BCUT2D eigenvalue weighted by Crippen LogP contribution is -1.74. The highest BCUT2D eigenvalue weighted by Crippen LogP contribution is 2.33. The molecule has 0 saturated carbocycles. The van der Waals surface area contributed by atoms with Crippen molar-refractivity contribution in [3.63, 3.8) is 0 Å². The van der Waals surface area contributed by atoms with Crippen LogP contribution in [-0.2, 0) is 0 Å². The molecule has 2 N–H and O–H groups in total. The van der Waals surface area contributed by atoms with Gasteiger partial charge in [0.05, 0.1) is 0 Å². The summed E-state index contributed by atoms with van der Waals surface area (Å²) >= 11 is 0. The zero-order valence-electron chi connectivity index (χ0n) is 5.90. The van der Waals surface area contributed by atoms with E-state index in [9.17, 15) is 4.91 Å². The average Bonchev–Trinajstić information content (AvgIpc) is 1.85. The Bertz CT molecular complexity index is 273. The summed E-state index contributed by atoms with van der Waals surface area (Å²) in [5.41, 5.74) is 0.431. The molecule has 11 heavy (non-hydrogen) atoms. The summed E-state index contributed by atoms with van der Waals surface area (Å²) in [5.74, 6) is -0.370. The van der Waals surface area contributed by atoms with E-state index in [0.29, 0.717) is 5.56 Å². The second kappa shape index (κ2) is 2.57. The van der Waals surface area contributed by atoms with E-state index in [1.807, 2.05) is 0 Å². The number of aryl methyl sites for hydroxylation is 1. The van der Waals surface area contributed by atoms with Crippen LogP contribution < -0.4 is 0 Å². The van der Waals surface area contributed by atoms with Gasteiger partial charge in [0.25, 0.3) is 0 Å². The van der Waals surface area contributed by atoms with Gasteiger partial charge in [0.15, 0.2) is 5.69 Å². The summed E-state index contributed by atoms with van der Waals surface area (Å²) in [6.07, 6.45) is 0. The second-order valence-electron chi connectivity index (χ2n) is 2.22. The molecule has 0 heterocycles. The molecule has 0 aliphatic rings. The molecule has 0 aliphatic heterocycles. The lowest BCUT2D eigenvalue weighted by Gasteiger charge is -2.00. The molecule has 0 bridgehead atoms. The number of aromatic hydroxyl groups is 2. The minimum Gasteiger partial charge on any atom is -0.508 e. The zero-order valence-corrected chi connectivity index (χ0v) is 5.90. The van der Waals surface area contributed by atoms with Gasteiger partial charge in [0.1, 0.15) is 11.5 Å². The number of phenolic OH excluding ortho intramolecular Hbond substituents is 2. The topological polar surface area (TPSA) is 69.9 Å². The Kier molecular flexibility index (Phi) is 1.76. The lowest BCUT2D eigenvalue weighted by molar-refractivity contribution is 0.451. The van der Waals surface area contributed by atoms with E-state index in [-0.39, 0.29) is 17.2 Å². The van der Waals surface area contributed by atoms with Crippen LogP contribution in [-0.4, -0.2) is 10.2 Å². The molecule has 0 spiro atoms. The normalized spacial score (nSPS) is 9.55. The predicted molar refractivity (Wildman–Crippen MR) is 40.0 cm³/mol. The van der Waals surface area contributed by atoms with Crippen molar-refractivity contribution in [2.75, 3.05) is 0 Å². The first-order chi connectivity index (χ1) is 5.15. The average molecular weight is 153 g/mol. The van der Waals surface area contributed by atoms with E-state index in [1.54, 1.807) is 6.92 Å². The summed E-state index contributed by atoms with van der Waals surface area (Å²) < 4.78 is 0. The molecule has 58 valence electrons. The number of phenols is 2. The molecule has 0 aliphatic carbocycles. The molecule has 0 radical (unpaired) electrons. The van der Waals surface area contributed by atoms with E-state index < -0.39 is 0 Å². The number of hydrogen-bond acceptors (Lipinski definition) is 4. The Balaban J connectivity index is 3.36. The van der Waals surface area contributed by atoms with Gasteiger partial charge < -0.3 is 10.2 Å². The summed E-state index contributed by atoms with van der Waals surface area (Å²) in [7, 11) is 0. The van der Waals surface area contributed by atoms with Crippen molar-refractivity contribution < 1.29 is 10.2 Å². The minimum atomic E-state index is -0.294. The third-order valence-corrected chi connectivity index (χ3v) is 1.36. The van der Waals surface area contributed by atoms with Crippen LogP contribution in [0.2, 0.25) is 0 Å². The molecule has 1 rings (SSSR count). The van der Waals surface area contributed by atoms with Crippen molar-refractivity contribution in [1.29, 1.82) is 0 Å². The molecule has 0 unspecified atom stereocenters. The van der Waals surface area contributed by atoms with Gasteiger partial charge in [-0.3, -0.25) is 0 Å². The molecule has 4 heteroatoms. The largest absolute Gasteiger partial charge is 0.508 e. The Morgan fingerprint density at radius 2 is 2.00 bits per heavy atom. The highest BCUT2D eigenvalue weighted by molar-refractivity contribution is 5.59. The summed E-state index contributed by atoms with van der Waals surface area (Å²) in [4.78, 5) is 10.1.